The Hall–Kier alpha value is -3.42. The number of rotatable bonds is 15. The molecular weight excluding hydrogens is 416 g/mol. The van der Waals surface area contributed by atoms with Gasteiger partial charge in [0, 0.05) is 0 Å². The summed E-state index contributed by atoms with van der Waals surface area (Å²) in [5, 5.41) is 18.9. The van der Waals surface area contributed by atoms with Gasteiger partial charge in [0.05, 0.1) is 14.2 Å². The Bertz CT molecular complexity index is 795. The third-order valence-corrected chi connectivity index (χ3v) is 4.91. The van der Waals surface area contributed by atoms with E-state index in [1.807, 2.05) is 0 Å². The Morgan fingerprint density at radius 1 is 0.656 bits per heavy atom. The lowest BCUT2D eigenvalue weighted by molar-refractivity contribution is -0.146. The van der Waals surface area contributed by atoms with E-state index in [-0.39, 0.29) is 0 Å². The van der Waals surface area contributed by atoms with Gasteiger partial charge in [-0.1, -0.05) is 37.1 Å². The van der Waals surface area contributed by atoms with E-state index in [9.17, 15) is 19.8 Å². The van der Waals surface area contributed by atoms with Gasteiger partial charge in [0.15, 0.2) is 35.2 Å². The van der Waals surface area contributed by atoms with E-state index in [0.29, 0.717) is 48.7 Å². The molecule has 0 radical (unpaired) electrons. The normalized spacial score (nSPS) is 12.4. The van der Waals surface area contributed by atoms with Gasteiger partial charge in [-0.3, -0.25) is 0 Å². The quantitative estimate of drug-likeness (QED) is 0.387. The van der Waals surface area contributed by atoms with Crippen LogP contribution in [0.4, 0.5) is 0 Å². The van der Waals surface area contributed by atoms with Gasteiger partial charge in [0.1, 0.15) is 0 Å². The molecule has 0 bridgehead atoms. The van der Waals surface area contributed by atoms with Crippen molar-refractivity contribution in [2.75, 3.05) is 14.2 Å². The lowest BCUT2D eigenvalue weighted by Gasteiger charge is -2.18. The van der Waals surface area contributed by atoms with E-state index in [1.54, 1.807) is 48.5 Å². The monoisotopic (exact) mass is 446 g/mol. The van der Waals surface area contributed by atoms with Crippen LogP contribution in [0.3, 0.4) is 0 Å². The van der Waals surface area contributed by atoms with Crippen molar-refractivity contribution in [2.45, 2.75) is 50.7 Å². The van der Waals surface area contributed by atoms with E-state index in [2.05, 4.69) is 0 Å². The highest BCUT2D eigenvalue weighted by Gasteiger charge is 2.22. The number of hydrogen-bond donors (Lipinski definition) is 2. The van der Waals surface area contributed by atoms with Gasteiger partial charge in [-0.2, -0.15) is 0 Å². The zero-order valence-corrected chi connectivity index (χ0v) is 18.4. The average Bonchev–Trinajstić information content (AvgIpc) is 2.79. The van der Waals surface area contributed by atoms with Crippen molar-refractivity contribution < 1.29 is 38.7 Å². The third-order valence-electron chi connectivity index (χ3n) is 4.91. The smallest absolute Gasteiger partial charge is 0.344 e. The number of carboxylic acid groups (broad SMARTS) is 2. The minimum atomic E-state index is -1.04. The fraction of sp³-hybridized carbons (Fsp3) is 0.417. The lowest BCUT2D eigenvalue weighted by atomic mass is 10.1. The summed E-state index contributed by atoms with van der Waals surface area (Å²) in [7, 11) is 3.00. The van der Waals surface area contributed by atoms with E-state index in [0.717, 1.165) is 12.8 Å². The molecule has 32 heavy (non-hydrogen) atoms. The second kappa shape index (κ2) is 13.1. The molecule has 0 saturated heterocycles. The second-order valence-corrected chi connectivity index (χ2v) is 7.18. The van der Waals surface area contributed by atoms with Crippen LogP contribution in [0.2, 0.25) is 0 Å². The van der Waals surface area contributed by atoms with Crippen LogP contribution in [-0.2, 0) is 9.59 Å². The zero-order chi connectivity index (χ0) is 23.3. The molecule has 2 rings (SSSR count). The van der Waals surface area contributed by atoms with Crippen molar-refractivity contribution in [3.05, 3.63) is 48.5 Å². The highest BCUT2D eigenvalue weighted by atomic mass is 16.5. The van der Waals surface area contributed by atoms with E-state index >= 15 is 0 Å². The van der Waals surface area contributed by atoms with Crippen molar-refractivity contribution >= 4 is 11.9 Å². The van der Waals surface area contributed by atoms with Crippen molar-refractivity contribution in [1.29, 1.82) is 0 Å². The molecule has 0 heterocycles. The predicted octanol–water partition coefficient (Wildman–Crippen LogP) is 4.41. The van der Waals surface area contributed by atoms with Crippen LogP contribution in [0, 0.1) is 0 Å². The van der Waals surface area contributed by atoms with Crippen LogP contribution in [0.25, 0.3) is 0 Å². The van der Waals surface area contributed by atoms with Crippen molar-refractivity contribution in [2.24, 2.45) is 0 Å². The molecule has 8 nitrogen and oxygen atoms in total. The molecule has 2 unspecified atom stereocenters. The average molecular weight is 446 g/mol. The first-order valence-electron chi connectivity index (χ1n) is 10.5. The van der Waals surface area contributed by atoms with Crippen LogP contribution in [0.5, 0.6) is 23.0 Å². The fourth-order valence-electron chi connectivity index (χ4n) is 3.22. The standard InChI is InChI=1S/C24H30O8/c1-29-17-11-7-9-13-19(17)31-21(23(25)26)15-5-3-4-6-16-22(24(27)28)32-20-14-10-8-12-18(20)30-2/h7-14,21-22H,3-6,15-16H2,1-2H3,(H,25,26)(H,27,28). The Morgan fingerprint density at radius 2 is 1.00 bits per heavy atom. The minimum Gasteiger partial charge on any atom is -0.493 e. The first-order chi connectivity index (χ1) is 15.5. The van der Waals surface area contributed by atoms with Gasteiger partial charge in [-0.25, -0.2) is 9.59 Å². The molecule has 2 aromatic rings. The number of hydrogen-bond acceptors (Lipinski definition) is 6. The Labute approximate surface area is 187 Å². The second-order valence-electron chi connectivity index (χ2n) is 7.18. The molecular formula is C24H30O8. The third kappa shape index (κ3) is 7.68. The molecule has 174 valence electrons. The molecule has 0 aliphatic rings. The molecule has 0 fully saturated rings. The molecule has 2 atom stereocenters. The molecule has 0 aliphatic heterocycles. The molecule has 0 aromatic heterocycles. The Kier molecular flexibility index (Phi) is 10.2. The molecule has 0 aliphatic carbocycles. The van der Waals surface area contributed by atoms with Crippen LogP contribution >= 0.6 is 0 Å². The molecule has 0 spiro atoms. The summed E-state index contributed by atoms with van der Waals surface area (Å²) >= 11 is 0. The van der Waals surface area contributed by atoms with Crippen LogP contribution < -0.4 is 18.9 Å². The zero-order valence-electron chi connectivity index (χ0n) is 18.4. The number of unbranched alkanes of at least 4 members (excludes halogenated alkanes) is 3. The summed E-state index contributed by atoms with van der Waals surface area (Å²) in [4.78, 5) is 23.1. The summed E-state index contributed by atoms with van der Waals surface area (Å²) in [6.07, 6.45) is 1.49. The van der Waals surface area contributed by atoms with E-state index < -0.39 is 24.1 Å². The fourth-order valence-corrected chi connectivity index (χ4v) is 3.22. The lowest BCUT2D eigenvalue weighted by Crippen LogP contribution is -2.27. The predicted molar refractivity (Wildman–Crippen MR) is 118 cm³/mol. The van der Waals surface area contributed by atoms with Gasteiger partial charge < -0.3 is 29.2 Å². The molecule has 0 saturated carbocycles. The summed E-state index contributed by atoms with van der Waals surface area (Å²) in [6, 6.07) is 13.8. The van der Waals surface area contributed by atoms with Crippen LogP contribution in [0.1, 0.15) is 38.5 Å². The number of para-hydroxylation sites is 4. The first-order valence-corrected chi connectivity index (χ1v) is 10.5. The summed E-state index contributed by atoms with van der Waals surface area (Å²) in [5.74, 6) is -0.332. The number of benzene rings is 2. The highest BCUT2D eigenvalue weighted by molar-refractivity contribution is 5.73. The first kappa shape index (κ1) is 24.8. The maximum absolute atomic E-state index is 11.6. The number of carboxylic acids is 2. The molecule has 2 N–H and O–H groups in total. The van der Waals surface area contributed by atoms with Gasteiger partial charge in [-0.05, 0) is 49.9 Å². The van der Waals surface area contributed by atoms with Gasteiger partial charge in [0.2, 0.25) is 0 Å². The summed E-state index contributed by atoms with van der Waals surface area (Å²) in [6.45, 7) is 0. The molecule has 8 heteroatoms. The highest BCUT2D eigenvalue weighted by Crippen LogP contribution is 2.29. The van der Waals surface area contributed by atoms with E-state index in [4.69, 9.17) is 18.9 Å². The minimum absolute atomic E-state index is 0.341. The Morgan fingerprint density at radius 3 is 1.31 bits per heavy atom. The number of aliphatic carboxylic acids is 2. The number of carbonyl (C=O) groups is 2. The van der Waals surface area contributed by atoms with Crippen molar-refractivity contribution in [1.82, 2.24) is 0 Å². The van der Waals surface area contributed by atoms with Crippen LogP contribution in [-0.4, -0.2) is 48.6 Å². The Balaban J connectivity index is 1.77. The van der Waals surface area contributed by atoms with Gasteiger partial charge in [0.25, 0.3) is 0 Å². The maximum atomic E-state index is 11.6. The van der Waals surface area contributed by atoms with Crippen molar-refractivity contribution in [3.63, 3.8) is 0 Å². The van der Waals surface area contributed by atoms with E-state index in [1.165, 1.54) is 14.2 Å². The molecule has 0 amide bonds. The SMILES string of the molecule is COc1ccccc1OC(CCCCCCC(Oc1ccccc1OC)C(=O)O)C(=O)O. The maximum Gasteiger partial charge on any atom is 0.344 e. The van der Waals surface area contributed by atoms with Gasteiger partial charge >= 0.3 is 11.9 Å². The van der Waals surface area contributed by atoms with Crippen molar-refractivity contribution in [3.8, 4) is 23.0 Å². The molecule has 2 aromatic carbocycles. The van der Waals surface area contributed by atoms with Crippen LogP contribution in [0.15, 0.2) is 48.5 Å². The summed E-state index contributed by atoms with van der Waals surface area (Å²) < 4.78 is 21.7. The largest absolute Gasteiger partial charge is 0.493 e. The van der Waals surface area contributed by atoms with Gasteiger partial charge in [-0.15, -0.1) is 0 Å². The number of methoxy groups -OCH3 is 2. The summed E-state index contributed by atoms with van der Waals surface area (Å²) in [5.41, 5.74) is 0. The number of ether oxygens (including phenoxy) is 4. The topological polar surface area (TPSA) is 112 Å².